The molecule has 2 atom stereocenters. The number of fused-ring (bicyclic) bond motifs is 2. The van der Waals surface area contributed by atoms with E-state index in [0.717, 1.165) is 49.8 Å². The number of nitrogens with zero attached hydrogens (tertiary/aromatic N) is 8. The van der Waals surface area contributed by atoms with Crippen molar-refractivity contribution in [3.63, 3.8) is 0 Å². The van der Waals surface area contributed by atoms with Gasteiger partial charge in [-0.1, -0.05) is 83.9 Å². The maximum absolute atomic E-state index is 13.7. The van der Waals surface area contributed by atoms with Gasteiger partial charge in [-0.05, 0) is 96.0 Å². The van der Waals surface area contributed by atoms with E-state index in [1.807, 2.05) is 135 Å². The average molecular weight is 1350 g/mol. The second-order valence-corrected chi connectivity index (χ2v) is 37.1. The van der Waals surface area contributed by atoms with Gasteiger partial charge >= 0.3 is 128 Å². The van der Waals surface area contributed by atoms with Gasteiger partial charge in [-0.15, -0.1) is 11.3 Å². The quantitative estimate of drug-likeness (QED) is 0.0560. The third kappa shape index (κ3) is 14.7. The van der Waals surface area contributed by atoms with Crippen molar-refractivity contribution in [1.82, 2.24) is 39.0 Å². The molecule has 0 aliphatic carbocycles. The number of rotatable bonds is 19. The van der Waals surface area contributed by atoms with Gasteiger partial charge in [-0.2, -0.15) is 9.97 Å². The monoisotopic (exact) mass is 1350 g/mol. The molecule has 0 radical (unpaired) electrons. The van der Waals surface area contributed by atoms with E-state index in [1.54, 1.807) is 48.7 Å². The van der Waals surface area contributed by atoms with Gasteiger partial charge < -0.3 is 22.1 Å². The van der Waals surface area contributed by atoms with Crippen molar-refractivity contribution in [1.29, 1.82) is 0 Å². The van der Waals surface area contributed by atoms with Crippen molar-refractivity contribution >= 4 is 129 Å². The van der Waals surface area contributed by atoms with Crippen molar-refractivity contribution in [2.24, 2.45) is 0 Å². The maximum Gasteiger partial charge on any atom is 0.264 e. The van der Waals surface area contributed by atoms with Crippen LogP contribution in [0.25, 0.3) is 44.2 Å². The summed E-state index contributed by atoms with van der Waals surface area (Å²) in [5, 5.41) is 16.7. The Hall–Kier alpha value is -6.22. The molecule has 82 heavy (non-hydrogen) atoms. The van der Waals surface area contributed by atoms with Crippen LogP contribution in [0.1, 0.15) is 107 Å². The zero-order valence-corrected chi connectivity index (χ0v) is 54.8. The zero-order chi connectivity index (χ0) is 58.5. The maximum atomic E-state index is 13.7. The van der Waals surface area contributed by atoms with Gasteiger partial charge in [0, 0.05) is 40.5 Å². The zero-order valence-electron chi connectivity index (χ0n) is 47.2. The molecule has 4 aromatic carbocycles. The van der Waals surface area contributed by atoms with Crippen LogP contribution in [-0.2, 0) is 0 Å². The number of aromatic nitrogens is 8. The van der Waals surface area contributed by atoms with Crippen LogP contribution in [-0.4, -0.2) is 57.4 Å². The topological polar surface area (TPSA) is 197 Å². The minimum atomic E-state index is -2.18. The molecule has 0 unspecified atom stereocenters. The molecule has 20 heteroatoms. The number of aryl methyl sites for hydroxylation is 2. The first-order valence-electron chi connectivity index (χ1n) is 27.6. The average Bonchev–Trinajstić information content (AvgIpc) is 3.06. The molecule has 0 fully saturated rings. The number of hydrogen-bond acceptors (Lipinski definition) is 14. The van der Waals surface area contributed by atoms with Crippen LogP contribution in [0.4, 0.5) is 23.5 Å². The fourth-order valence-electron chi connectivity index (χ4n) is 10.1. The molecule has 0 bridgehead atoms. The van der Waals surface area contributed by atoms with Crippen LogP contribution >= 0.6 is 61.8 Å². The molecule has 0 aliphatic rings. The molecular formula is C62H69BrCl2N12O2S2Sn. The van der Waals surface area contributed by atoms with Gasteiger partial charge in [0.25, 0.3) is 11.1 Å². The SMILES string of the molecule is CCC[CH2][Sn]([CH2]CCC)([CH2]CCC)[c]1csc(C)n1.C[C@H](Nc1nc(N)ncc1Br)c1cc2cccc(Cl)c2c(=O)n1-c1ccccc1.Cc1nc(-c2cnc(N)nc2N[C@@H](C)c2cc3cccc(Cl)c3c(=O)n2-c2ccccc2)cs1. The van der Waals surface area contributed by atoms with Gasteiger partial charge in [0.1, 0.15) is 11.6 Å². The van der Waals surface area contributed by atoms with E-state index < -0.39 is 18.4 Å². The second-order valence-electron chi connectivity index (χ2n) is 20.2. The number of pyridine rings is 2. The number of anilines is 4. The normalized spacial score (nSPS) is 12.1. The summed E-state index contributed by atoms with van der Waals surface area (Å²) < 4.78 is 10.2. The van der Waals surface area contributed by atoms with Crippen molar-refractivity contribution in [3.8, 4) is 22.6 Å². The first-order chi connectivity index (χ1) is 39.6. The molecular weight excluding hydrogens is 1280 g/mol. The minimum Gasteiger partial charge on any atom is -0.368 e. The minimum absolute atomic E-state index is 0.149. The summed E-state index contributed by atoms with van der Waals surface area (Å²) in [6, 6.07) is 33.2. The van der Waals surface area contributed by atoms with Crippen LogP contribution in [0.2, 0.25) is 23.4 Å². The smallest absolute Gasteiger partial charge is 0.264 e. The number of thiazole rings is 2. The fraction of sp³-hybridized carbons (Fsp3) is 0.290. The molecule has 0 spiro atoms. The predicted molar refractivity (Wildman–Crippen MR) is 351 cm³/mol. The molecule has 0 aliphatic heterocycles. The van der Waals surface area contributed by atoms with Crippen LogP contribution in [0.3, 0.4) is 0 Å². The van der Waals surface area contributed by atoms with Crippen molar-refractivity contribution in [2.75, 3.05) is 22.1 Å². The molecule has 10 aromatic rings. The van der Waals surface area contributed by atoms with Gasteiger partial charge in [0.2, 0.25) is 11.9 Å². The number of unbranched alkanes of at least 4 members (excludes halogenated alkanes) is 3. The Morgan fingerprint density at radius 3 is 1.50 bits per heavy atom. The Kier molecular flexibility index (Phi) is 21.8. The first kappa shape index (κ1) is 61.8. The number of benzene rings is 4. The van der Waals surface area contributed by atoms with E-state index in [-0.39, 0.29) is 35.1 Å². The van der Waals surface area contributed by atoms with Gasteiger partial charge in [-0.3, -0.25) is 18.7 Å². The number of para-hydroxylation sites is 2. The van der Waals surface area contributed by atoms with Crippen molar-refractivity contribution in [2.45, 2.75) is 112 Å². The third-order valence-electron chi connectivity index (χ3n) is 14.3. The van der Waals surface area contributed by atoms with Gasteiger partial charge in [-0.25, -0.2) is 15.0 Å². The van der Waals surface area contributed by atoms with Crippen LogP contribution in [0, 0.1) is 13.8 Å². The summed E-state index contributed by atoms with van der Waals surface area (Å²) in [4.78, 5) is 53.4. The summed E-state index contributed by atoms with van der Waals surface area (Å²) in [5.74, 6) is 1.40. The Balaban J connectivity index is 0.000000168. The Labute approximate surface area is 509 Å². The number of nitrogens with one attached hydrogen (secondary N) is 2. The number of nitrogen functional groups attached to an aromatic ring is 2. The fourth-order valence-corrected chi connectivity index (χ4v) is 29.5. The van der Waals surface area contributed by atoms with Crippen molar-refractivity contribution < 1.29 is 0 Å². The second kappa shape index (κ2) is 28.9. The van der Waals surface area contributed by atoms with E-state index >= 15 is 0 Å². The van der Waals surface area contributed by atoms with Gasteiger partial charge in [0.05, 0.1) is 53.6 Å². The Morgan fingerprint density at radius 1 is 0.598 bits per heavy atom. The molecule has 6 aromatic heterocycles. The van der Waals surface area contributed by atoms with E-state index in [1.165, 1.54) is 56.8 Å². The molecule has 14 nitrogen and oxygen atoms in total. The third-order valence-corrected chi connectivity index (χ3v) is 32.7. The number of halogens is 3. The standard InChI is InChI=1S/C25H21ClN6OS.C21H17BrClN5O.C4H4NS.3C4H9.Sn/c1-14(29-23-18(12-28-25(27)31-23)20-13-34-15(2)30-20)21-11-16-7-6-10-19(26)22(16)24(33)32(21)17-8-4-3-5-9-17;1-12(26-19-15(22)11-25-21(24)27-19)17-10-13-6-5-9-16(23)18(13)20(29)28(17)14-7-3-2-4-8-14;1-4-5-2-3-6-4;3*1-3-4-2;/h3-14H,1-2H3,(H3,27,28,29,31);2-12H,1H3,(H3,24,25,26,27);3H,1H3;3*1,3-4H2,2H3;/t14-;12-;;;;;/m00...../s1. The Morgan fingerprint density at radius 2 is 1.05 bits per heavy atom. The van der Waals surface area contributed by atoms with Crippen molar-refractivity contribution in [3.05, 3.63) is 189 Å². The summed E-state index contributed by atoms with van der Waals surface area (Å²) >= 11 is 17.5. The largest absolute Gasteiger partial charge is 0.368 e. The summed E-state index contributed by atoms with van der Waals surface area (Å²) in [7, 11) is 0. The predicted octanol–water partition coefficient (Wildman–Crippen LogP) is 16.1. The number of hydrogen-bond donors (Lipinski definition) is 4. The van der Waals surface area contributed by atoms with E-state index in [0.29, 0.717) is 36.9 Å². The molecule has 0 saturated carbocycles. The molecule has 0 amide bonds. The molecule has 6 heterocycles. The molecule has 426 valence electrons. The first-order valence-corrected chi connectivity index (χ1v) is 38.4. The van der Waals surface area contributed by atoms with Crippen LogP contribution < -0.4 is 36.9 Å². The molecule has 10 rings (SSSR count). The number of nitrogens with two attached hydrogens (primary N) is 2. The van der Waals surface area contributed by atoms with E-state index in [2.05, 4.69) is 84.6 Å². The van der Waals surface area contributed by atoms with Crippen LogP contribution in [0.5, 0.6) is 0 Å². The summed E-state index contributed by atoms with van der Waals surface area (Å²) in [5.41, 5.74) is 15.8. The molecule has 6 N–H and O–H groups in total. The van der Waals surface area contributed by atoms with E-state index in [9.17, 15) is 9.59 Å². The molecule has 0 saturated heterocycles. The Bertz CT molecular complexity index is 3880. The van der Waals surface area contributed by atoms with Gasteiger partial charge in [0.15, 0.2) is 0 Å². The van der Waals surface area contributed by atoms with Crippen LogP contribution in [0.15, 0.2) is 146 Å². The van der Waals surface area contributed by atoms with E-state index in [4.69, 9.17) is 39.7 Å². The summed E-state index contributed by atoms with van der Waals surface area (Å²) in [6.07, 6.45) is 11.6. The summed E-state index contributed by atoms with van der Waals surface area (Å²) in [6.45, 7) is 15.0.